The van der Waals surface area contributed by atoms with Gasteiger partial charge in [0.05, 0.1) is 17.6 Å². The first-order chi connectivity index (χ1) is 11.0. The van der Waals surface area contributed by atoms with Gasteiger partial charge in [0, 0.05) is 9.51 Å². The minimum absolute atomic E-state index is 0.199. The second kappa shape index (κ2) is 6.77. The Balaban J connectivity index is 1.96. The second-order valence-corrected chi connectivity index (χ2v) is 6.83. The number of hydrogen-bond acceptors (Lipinski definition) is 2. The third-order valence-electron chi connectivity index (χ3n) is 3.50. The van der Waals surface area contributed by atoms with Gasteiger partial charge in [-0.15, -0.1) is 0 Å². The van der Waals surface area contributed by atoms with Crippen LogP contribution >= 0.6 is 27.5 Å². The predicted octanol–water partition coefficient (Wildman–Crippen LogP) is 5.74. The van der Waals surface area contributed by atoms with E-state index in [2.05, 4.69) is 33.1 Å². The molecule has 118 valence electrons. The van der Waals surface area contributed by atoms with Gasteiger partial charge in [0.2, 0.25) is 0 Å². The predicted molar refractivity (Wildman–Crippen MR) is 98.3 cm³/mol. The van der Waals surface area contributed by atoms with Gasteiger partial charge in [-0.25, -0.2) is 4.98 Å². The molecule has 0 amide bonds. The third kappa shape index (κ3) is 3.59. The summed E-state index contributed by atoms with van der Waals surface area (Å²) in [5, 5.41) is 0.688. The lowest BCUT2D eigenvalue weighted by atomic mass is 10.3. The van der Waals surface area contributed by atoms with Crippen molar-refractivity contribution < 1.29 is 4.74 Å². The van der Waals surface area contributed by atoms with Gasteiger partial charge in [-0.05, 0) is 43.3 Å². The Morgan fingerprint density at radius 2 is 1.96 bits per heavy atom. The average Bonchev–Trinajstić information content (AvgIpc) is 2.88. The Labute approximate surface area is 148 Å². The molecule has 0 radical (unpaired) electrons. The highest BCUT2D eigenvalue weighted by Gasteiger charge is 2.18. The van der Waals surface area contributed by atoms with E-state index in [1.54, 1.807) is 0 Å². The standard InChI is InChI=1S/C18H16BrClN2O/c1-12(19)11-22-17-6-4-3-5-16(17)21-18(22)13(2)23-15-9-7-14(20)8-10-15/h3-10,13H,1,11H2,2H3. The van der Waals surface area contributed by atoms with Gasteiger partial charge in [0.1, 0.15) is 5.75 Å². The monoisotopic (exact) mass is 390 g/mol. The lowest BCUT2D eigenvalue weighted by molar-refractivity contribution is 0.212. The summed E-state index contributed by atoms with van der Waals surface area (Å²) in [6.07, 6.45) is -0.199. The van der Waals surface area contributed by atoms with Gasteiger partial charge in [0.15, 0.2) is 11.9 Å². The van der Waals surface area contributed by atoms with Crippen molar-refractivity contribution in [3.8, 4) is 5.75 Å². The molecular formula is C18H16BrClN2O. The Hall–Kier alpha value is -1.78. The van der Waals surface area contributed by atoms with E-state index in [-0.39, 0.29) is 6.10 Å². The third-order valence-corrected chi connectivity index (χ3v) is 4.01. The molecule has 3 rings (SSSR count). The van der Waals surface area contributed by atoms with Crippen LogP contribution in [0.3, 0.4) is 0 Å². The number of benzene rings is 2. The van der Waals surface area contributed by atoms with Crippen molar-refractivity contribution in [2.24, 2.45) is 0 Å². The number of fused-ring (bicyclic) bond motifs is 1. The van der Waals surface area contributed by atoms with Crippen LogP contribution in [0, 0.1) is 0 Å². The zero-order valence-corrected chi connectivity index (χ0v) is 15.0. The number of halogens is 2. The zero-order valence-electron chi connectivity index (χ0n) is 12.7. The van der Waals surface area contributed by atoms with Gasteiger partial charge in [-0.1, -0.05) is 46.2 Å². The van der Waals surface area contributed by atoms with Gasteiger partial charge in [0.25, 0.3) is 0 Å². The Bertz CT molecular complexity index is 842. The number of para-hydroxylation sites is 2. The van der Waals surface area contributed by atoms with Crippen LogP contribution in [0.25, 0.3) is 11.0 Å². The maximum atomic E-state index is 6.02. The molecule has 0 N–H and O–H groups in total. The summed E-state index contributed by atoms with van der Waals surface area (Å²) in [5.41, 5.74) is 2.01. The van der Waals surface area contributed by atoms with Crippen molar-refractivity contribution in [1.82, 2.24) is 9.55 Å². The van der Waals surface area contributed by atoms with Crippen LogP contribution in [0.4, 0.5) is 0 Å². The Kier molecular flexibility index (Phi) is 4.74. The molecule has 0 saturated heterocycles. The van der Waals surface area contributed by atoms with Crippen LogP contribution < -0.4 is 4.74 Å². The van der Waals surface area contributed by atoms with Crippen molar-refractivity contribution in [3.05, 3.63) is 70.4 Å². The van der Waals surface area contributed by atoms with E-state index in [9.17, 15) is 0 Å². The molecule has 1 aromatic heterocycles. The van der Waals surface area contributed by atoms with Crippen LogP contribution in [0.5, 0.6) is 5.75 Å². The number of rotatable bonds is 5. The SMILES string of the molecule is C=C(Br)Cn1c(C(C)Oc2ccc(Cl)cc2)nc2ccccc21. The summed E-state index contributed by atoms with van der Waals surface area (Å²) in [4.78, 5) is 4.73. The topological polar surface area (TPSA) is 27.1 Å². The first kappa shape index (κ1) is 16.1. The van der Waals surface area contributed by atoms with Gasteiger partial charge in [-0.3, -0.25) is 0 Å². The van der Waals surface area contributed by atoms with E-state index in [1.807, 2.05) is 49.4 Å². The lowest BCUT2D eigenvalue weighted by Crippen LogP contribution is -2.12. The van der Waals surface area contributed by atoms with Crippen LogP contribution in [0.15, 0.2) is 59.6 Å². The molecule has 1 unspecified atom stereocenters. The van der Waals surface area contributed by atoms with Crippen molar-refractivity contribution in [2.75, 3.05) is 0 Å². The molecule has 0 saturated carbocycles. The van der Waals surface area contributed by atoms with E-state index < -0.39 is 0 Å². The quantitative estimate of drug-likeness (QED) is 0.554. The minimum atomic E-state index is -0.199. The number of ether oxygens (including phenoxy) is 1. The van der Waals surface area contributed by atoms with Crippen molar-refractivity contribution in [3.63, 3.8) is 0 Å². The number of hydrogen-bond donors (Lipinski definition) is 0. The number of imidazole rings is 1. The van der Waals surface area contributed by atoms with E-state index >= 15 is 0 Å². The van der Waals surface area contributed by atoms with E-state index in [0.29, 0.717) is 11.6 Å². The fraction of sp³-hybridized carbons (Fsp3) is 0.167. The van der Waals surface area contributed by atoms with Crippen LogP contribution in [0.2, 0.25) is 5.02 Å². The minimum Gasteiger partial charge on any atom is -0.483 e. The van der Waals surface area contributed by atoms with Crippen molar-refractivity contribution in [2.45, 2.75) is 19.6 Å². The molecule has 0 bridgehead atoms. The van der Waals surface area contributed by atoms with E-state index in [1.165, 1.54) is 0 Å². The number of allylic oxidation sites excluding steroid dienone is 1. The summed E-state index contributed by atoms with van der Waals surface area (Å²) in [6, 6.07) is 15.4. The molecule has 1 atom stereocenters. The maximum absolute atomic E-state index is 6.02. The van der Waals surface area contributed by atoms with Gasteiger partial charge >= 0.3 is 0 Å². The highest BCUT2D eigenvalue weighted by molar-refractivity contribution is 9.11. The molecule has 0 aliphatic carbocycles. The summed E-state index contributed by atoms with van der Waals surface area (Å²) >= 11 is 9.36. The smallest absolute Gasteiger partial charge is 0.153 e. The molecular weight excluding hydrogens is 376 g/mol. The first-order valence-corrected chi connectivity index (χ1v) is 8.42. The summed E-state index contributed by atoms with van der Waals surface area (Å²) < 4.78 is 9.03. The summed E-state index contributed by atoms with van der Waals surface area (Å²) in [6.45, 7) is 6.58. The second-order valence-electron chi connectivity index (χ2n) is 5.28. The lowest BCUT2D eigenvalue weighted by Gasteiger charge is -2.16. The molecule has 2 aromatic carbocycles. The highest BCUT2D eigenvalue weighted by Crippen LogP contribution is 2.27. The first-order valence-electron chi connectivity index (χ1n) is 7.25. The molecule has 0 fully saturated rings. The molecule has 1 heterocycles. The van der Waals surface area contributed by atoms with Crippen molar-refractivity contribution in [1.29, 1.82) is 0 Å². The molecule has 0 aliphatic rings. The fourth-order valence-corrected chi connectivity index (χ4v) is 2.89. The average molecular weight is 392 g/mol. The Morgan fingerprint density at radius 3 is 2.65 bits per heavy atom. The molecule has 3 aromatic rings. The maximum Gasteiger partial charge on any atom is 0.153 e. The van der Waals surface area contributed by atoms with Gasteiger partial charge < -0.3 is 9.30 Å². The van der Waals surface area contributed by atoms with Crippen LogP contribution in [0.1, 0.15) is 18.9 Å². The molecule has 3 nitrogen and oxygen atoms in total. The number of nitrogens with zero attached hydrogens (tertiary/aromatic N) is 2. The van der Waals surface area contributed by atoms with Gasteiger partial charge in [-0.2, -0.15) is 0 Å². The molecule has 0 spiro atoms. The van der Waals surface area contributed by atoms with E-state index in [0.717, 1.165) is 27.1 Å². The normalized spacial score (nSPS) is 12.3. The van der Waals surface area contributed by atoms with Crippen molar-refractivity contribution >= 4 is 38.6 Å². The molecule has 23 heavy (non-hydrogen) atoms. The zero-order chi connectivity index (χ0) is 16.4. The van der Waals surface area contributed by atoms with E-state index in [4.69, 9.17) is 21.3 Å². The number of aromatic nitrogens is 2. The highest BCUT2D eigenvalue weighted by atomic mass is 79.9. The fourth-order valence-electron chi connectivity index (χ4n) is 2.51. The summed E-state index contributed by atoms with van der Waals surface area (Å²) in [5.74, 6) is 1.62. The Morgan fingerprint density at radius 1 is 1.26 bits per heavy atom. The van der Waals surface area contributed by atoms with Crippen LogP contribution in [-0.4, -0.2) is 9.55 Å². The molecule has 0 aliphatic heterocycles. The van der Waals surface area contributed by atoms with Crippen LogP contribution in [-0.2, 0) is 6.54 Å². The molecule has 5 heteroatoms. The largest absolute Gasteiger partial charge is 0.483 e. The summed E-state index contributed by atoms with van der Waals surface area (Å²) in [7, 11) is 0.